The molecule has 1 aromatic heterocycles. The minimum Gasteiger partial charge on any atom is -0.457 e. The van der Waals surface area contributed by atoms with Crippen molar-refractivity contribution in [3.8, 4) is 0 Å². The van der Waals surface area contributed by atoms with Crippen LogP contribution in [0.25, 0.3) is 16.8 Å². The van der Waals surface area contributed by atoms with Gasteiger partial charge in [-0.2, -0.15) is 0 Å². The number of ether oxygens (including phenoxy) is 2. The molecular weight excluding hydrogens is 538 g/mol. The fourth-order valence-electron chi connectivity index (χ4n) is 4.55. The van der Waals surface area contributed by atoms with Crippen LogP contribution in [-0.4, -0.2) is 64.1 Å². The third kappa shape index (κ3) is 8.75. The minimum absolute atomic E-state index is 0.252. The monoisotopic (exact) mass is 581 g/mol. The summed E-state index contributed by atoms with van der Waals surface area (Å²) >= 11 is 0. The molecule has 1 aromatic carbocycles. The zero-order valence-electron chi connectivity index (χ0n) is 25.5. The number of pyridine rings is 1. The van der Waals surface area contributed by atoms with Crippen molar-refractivity contribution in [3.05, 3.63) is 48.3 Å². The van der Waals surface area contributed by atoms with Gasteiger partial charge in [0.25, 0.3) is 5.91 Å². The molecule has 11 heteroatoms. The lowest BCUT2D eigenvalue weighted by molar-refractivity contribution is -0.157. The van der Waals surface area contributed by atoms with Gasteiger partial charge in [0.1, 0.15) is 29.8 Å². The second kappa shape index (κ2) is 13.8. The first-order valence-corrected chi connectivity index (χ1v) is 14.3. The molecule has 4 atom stereocenters. The number of hydrogen-bond acceptors (Lipinski definition) is 8. The van der Waals surface area contributed by atoms with E-state index in [2.05, 4.69) is 27.6 Å². The van der Waals surface area contributed by atoms with Gasteiger partial charge < -0.3 is 20.1 Å². The highest BCUT2D eigenvalue weighted by molar-refractivity contribution is 5.91. The van der Waals surface area contributed by atoms with Crippen LogP contribution in [-0.2, 0) is 23.9 Å². The fourth-order valence-corrected chi connectivity index (χ4v) is 4.55. The molecular formula is C31H43N5O6. The molecule has 0 saturated carbocycles. The molecule has 2 aromatic rings. The number of nitrogens with one attached hydrogen (secondary N) is 3. The Kier molecular flexibility index (Phi) is 10.7. The fraction of sp³-hybridized carbons (Fsp3) is 0.516. The van der Waals surface area contributed by atoms with E-state index in [0.717, 1.165) is 22.0 Å². The standard InChI is InChI=1S/C31H43N5O6/c1-9-24-16-23-15-21(12-13-22(23)17-32-24)20(5)41-29(39)25-11-10-14-36(35-25)28(38)19(4)33-27(37)26(18(2)3)34-30(40)42-31(6,7)8/h9,12-13,15-20,25-26,35H,1,10-11,14H2,2-8H3,(H,33,37)(H,34,40)/t19?,20-,25?,26?/m1/s1. The molecule has 0 bridgehead atoms. The Labute approximate surface area is 247 Å². The van der Waals surface area contributed by atoms with Gasteiger partial charge in [-0.05, 0) is 82.5 Å². The van der Waals surface area contributed by atoms with Crippen LogP contribution in [0.3, 0.4) is 0 Å². The lowest BCUT2D eigenvalue weighted by atomic mass is 10.0. The summed E-state index contributed by atoms with van der Waals surface area (Å²) in [6.45, 7) is 16.2. The van der Waals surface area contributed by atoms with Gasteiger partial charge in [0.2, 0.25) is 5.91 Å². The maximum absolute atomic E-state index is 13.2. The van der Waals surface area contributed by atoms with Crippen molar-refractivity contribution in [2.45, 2.75) is 91.1 Å². The van der Waals surface area contributed by atoms with Crippen LogP contribution in [0, 0.1) is 5.92 Å². The molecule has 1 saturated heterocycles. The first-order valence-electron chi connectivity index (χ1n) is 14.3. The van der Waals surface area contributed by atoms with Crippen molar-refractivity contribution >= 4 is 40.7 Å². The molecule has 1 aliphatic heterocycles. The molecule has 3 amide bonds. The predicted molar refractivity (Wildman–Crippen MR) is 160 cm³/mol. The van der Waals surface area contributed by atoms with Gasteiger partial charge in [-0.25, -0.2) is 10.2 Å². The van der Waals surface area contributed by atoms with E-state index in [1.807, 2.05) is 24.3 Å². The van der Waals surface area contributed by atoms with Crippen LogP contribution < -0.4 is 16.1 Å². The van der Waals surface area contributed by atoms with Gasteiger partial charge in [-0.15, -0.1) is 0 Å². The van der Waals surface area contributed by atoms with Crippen LogP contribution in [0.2, 0.25) is 0 Å². The van der Waals surface area contributed by atoms with Gasteiger partial charge in [0, 0.05) is 18.1 Å². The Morgan fingerprint density at radius 3 is 2.45 bits per heavy atom. The highest BCUT2D eigenvalue weighted by atomic mass is 16.6. The van der Waals surface area contributed by atoms with Crippen molar-refractivity contribution in [2.75, 3.05) is 6.54 Å². The van der Waals surface area contributed by atoms with E-state index in [9.17, 15) is 19.2 Å². The summed E-state index contributed by atoms with van der Waals surface area (Å²) in [5.41, 5.74) is 3.83. The number of carbonyl (C=O) groups is 4. The van der Waals surface area contributed by atoms with Gasteiger partial charge in [0.15, 0.2) is 0 Å². The van der Waals surface area contributed by atoms with Crippen LogP contribution in [0.1, 0.15) is 78.7 Å². The number of hydrogen-bond donors (Lipinski definition) is 3. The predicted octanol–water partition coefficient (Wildman–Crippen LogP) is 4.03. The molecule has 228 valence electrons. The molecule has 2 heterocycles. The zero-order valence-corrected chi connectivity index (χ0v) is 25.5. The van der Waals surface area contributed by atoms with E-state index < -0.39 is 53.7 Å². The Bertz CT molecular complexity index is 1320. The van der Waals surface area contributed by atoms with Gasteiger partial charge in [0.05, 0.1) is 5.69 Å². The third-order valence-corrected chi connectivity index (χ3v) is 6.83. The summed E-state index contributed by atoms with van der Waals surface area (Å²) < 4.78 is 11.0. The topological polar surface area (TPSA) is 139 Å². The Morgan fingerprint density at radius 2 is 1.81 bits per heavy atom. The van der Waals surface area contributed by atoms with Gasteiger partial charge in [-0.3, -0.25) is 24.4 Å². The lowest BCUT2D eigenvalue weighted by Crippen LogP contribution is -2.61. The highest BCUT2D eigenvalue weighted by Crippen LogP contribution is 2.24. The smallest absolute Gasteiger partial charge is 0.408 e. The SMILES string of the molecule is C=Cc1cc2cc([C@@H](C)OC(=O)C3CCCN(C(=O)C(C)NC(=O)C(NC(=O)OC(C)(C)C)C(C)C)N3)ccc2cn1. The number of benzene rings is 1. The van der Waals surface area contributed by atoms with Crippen molar-refractivity contribution in [1.82, 2.24) is 26.1 Å². The first kappa shape index (κ1) is 32.5. The lowest BCUT2D eigenvalue weighted by Gasteiger charge is -2.35. The van der Waals surface area contributed by atoms with E-state index in [1.165, 1.54) is 5.01 Å². The summed E-state index contributed by atoms with van der Waals surface area (Å²) in [5.74, 6) is -1.64. The second-order valence-corrected chi connectivity index (χ2v) is 11.9. The maximum Gasteiger partial charge on any atom is 0.408 e. The third-order valence-electron chi connectivity index (χ3n) is 6.83. The van der Waals surface area contributed by atoms with Crippen molar-refractivity contribution in [2.24, 2.45) is 5.92 Å². The van der Waals surface area contributed by atoms with Crippen molar-refractivity contribution < 1.29 is 28.7 Å². The second-order valence-electron chi connectivity index (χ2n) is 11.9. The van der Waals surface area contributed by atoms with E-state index in [-0.39, 0.29) is 5.92 Å². The normalized spacial score (nSPS) is 17.6. The van der Waals surface area contributed by atoms with Crippen LogP contribution >= 0.6 is 0 Å². The Hall–Kier alpha value is -3.99. The quantitative estimate of drug-likeness (QED) is 0.377. The van der Waals surface area contributed by atoms with Crippen LogP contribution in [0.15, 0.2) is 37.0 Å². The average Bonchev–Trinajstić information content (AvgIpc) is 2.93. The number of esters is 1. The van der Waals surface area contributed by atoms with Crippen molar-refractivity contribution in [1.29, 1.82) is 0 Å². The Morgan fingerprint density at radius 1 is 1.10 bits per heavy atom. The number of nitrogens with zero attached hydrogens (tertiary/aromatic N) is 2. The molecule has 3 unspecified atom stereocenters. The molecule has 0 radical (unpaired) electrons. The summed E-state index contributed by atoms with van der Waals surface area (Å²) in [6.07, 6.45) is 3.29. The van der Waals surface area contributed by atoms with Crippen LogP contribution in [0.5, 0.6) is 0 Å². The highest BCUT2D eigenvalue weighted by Gasteiger charge is 2.34. The number of alkyl carbamates (subject to hydrolysis) is 1. The van der Waals surface area contributed by atoms with Crippen LogP contribution in [0.4, 0.5) is 4.79 Å². The molecule has 11 nitrogen and oxygen atoms in total. The maximum atomic E-state index is 13.2. The number of fused-ring (bicyclic) bond motifs is 1. The molecule has 3 N–H and O–H groups in total. The number of aromatic nitrogens is 1. The average molecular weight is 582 g/mol. The minimum atomic E-state index is -0.909. The summed E-state index contributed by atoms with van der Waals surface area (Å²) in [7, 11) is 0. The van der Waals surface area contributed by atoms with E-state index in [4.69, 9.17) is 9.47 Å². The number of amides is 3. The van der Waals surface area contributed by atoms with E-state index in [0.29, 0.717) is 19.4 Å². The molecule has 3 rings (SSSR count). The molecule has 0 aliphatic carbocycles. The largest absolute Gasteiger partial charge is 0.457 e. The first-order chi connectivity index (χ1) is 19.7. The zero-order chi connectivity index (χ0) is 31.2. The Balaban J connectivity index is 1.58. The molecule has 1 fully saturated rings. The number of hydrazine groups is 1. The summed E-state index contributed by atoms with van der Waals surface area (Å²) in [6, 6.07) is 5.17. The summed E-state index contributed by atoms with van der Waals surface area (Å²) in [4.78, 5) is 55.8. The summed E-state index contributed by atoms with van der Waals surface area (Å²) in [5, 5.41) is 8.54. The number of carbonyl (C=O) groups excluding carboxylic acids is 4. The van der Waals surface area contributed by atoms with E-state index >= 15 is 0 Å². The van der Waals surface area contributed by atoms with E-state index in [1.54, 1.807) is 60.7 Å². The molecule has 42 heavy (non-hydrogen) atoms. The van der Waals surface area contributed by atoms with Gasteiger partial charge >= 0.3 is 12.1 Å². The number of rotatable bonds is 9. The van der Waals surface area contributed by atoms with Crippen molar-refractivity contribution in [3.63, 3.8) is 0 Å². The van der Waals surface area contributed by atoms with Gasteiger partial charge in [-0.1, -0.05) is 32.6 Å². The molecule has 1 aliphatic rings. The molecule has 0 spiro atoms.